The molecule has 0 aromatic carbocycles. The zero-order valence-corrected chi connectivity index (χ0v) is 45.1. The standard InChI is InChI=1S/C60H107NO7/c1-6-8-10-12-14-16-18-20-22-24-26-28-30-32-34-36-38-40-42-44-46-48-50-58(62)67-55-56(54-66-53-52-57(60(64)65)61(3,4)5)68-59(63)51-49-47-45-43-41-39-37-35-33-31-29-27-25-23-21-19-17-15-13-11-9-7-2/h9,11,15,17,21,23,27,29-30,32,56-57H,6-8,10,12-14,16,18-20,22,24-26,28,31,33-55H2,1-5H3/p+1/b11-9+,17-15+,23-21+,29-27+,32-30+. The zero-order valence-electron chi connectivity index (χ0n) is 45.1. The summed E-state index contributed by atoms with van der Waals surface area (Å²) in [5, 5.41) is 9.68. The average Bonchev–Trinajstić information content (AvgIpc) is 3.30. The second-order valence-corrected chi connectivity index (χ2v) is 20.2. The van der Waals surface area contributed by atoms with Gasteiger partial charge in [0.2, 0.25) is 0 Å². The molecule has 0 radical (unpaired) electrons. The normalized spacial score (nSPS) is 13.2. The molecule has 394 valence electrons. The van der Waals surface area contributed by atoms with Crippen LogP contribution in [-0.2, 0) is 28.6 Å². The summed E-state index contributed by atoms with van der Waals surface area (Å²) < 4.78 is 17.4. The Balaban J connectivity index is 4.20. The van der Waals surface area contributed by atoms with Crippen molar-refractivity contribution >= 4 is 17.9 Å². The Morgan fingerprint density at radius 2 is 0.824 bits per heavy atom. The van der Waals surface area contributed by atoms with Crippen LogP contribution in [0.15, 0.2) is 60.8 Å². The number of carbonyl (C=O) groups excluding carboxylic acids is 2. The molecule has 0 aliphatic heterocycles. The van der Waals surface area contributed by atoms with Gasteiger partial charge in [0.1, 0.15) is 6.61 Å². The van der Waals surface area contributed by atoms with Crippen LogP contribution in [0.4, 0.5) is 0 Å². The van der Waals surface area contributed by atoms with Gasteiger partial charge in [-0.2, -0.15) is 0 Å². The third kappa shape index (κ3) is 48.1. The van der Waals surface area contributed by atoms with Gasteiger partial charge in [-0.1, -0.05) is 216 Å². The van der Waals surface area contributed by atoms with Gasteiger partial charge < -0.3 is 23.8 Å². The molecular formula is C60H108NO7+. The van der Waals surface area contributed by atoms with E-state index in [1.54, 1.807) is 0 Å². The van der Waals surface area contributed by atoms with E-state index in [9.17, 15) is 19.5 Å². The lowest BCUT2D eigenvalue weighted by atomic mass is 10.0. The Hall–Kier alpha value is -2.97. The summed E-state index contributed by atoms with van der Waals surface area (Å²) in [6.45, 7) is 4.65. The van der Waals surface area contributed by atoms with E-state index in [-0.39, 0.29) is 36.2 Å². The SMILES string of the molecule is CC/C=C/C/C=C/C/C=C/C/C=C/CCCCCCCCCCCC(=O)OC(COCCC(C(=O)O)[N+](C)(C)C)COC(=O)CCCCCCCCC/C=C/CCCCCCCCCCCCC. The number of esters is 2. The van der Waals surface area contributed by atoms with Crippen LogP contribution in [0.25, 0.3) is 0 Å². The molecule has 1 N–H and O–H groups in total. The Labute approximate surface area is 419 Å². The number of carbonyl (C=O) groups is 3. The number of ether oxygens (including phenoxy) is 3. The number of carboxylic acid groups (broad SMARTS) is 1. The minimum atomic E-state index is -0.876. The molecule has 0 aromatic rings. The van der Waals surface area contributed by atoms with E-state index in [2.05, 4.69) is 74.6 Å². The minimum Gasteiger partial charge on any atom is -0.477 e. The number of hydrogen-bond acceptors (Lipinski definition) is 6. The largest absolute Gasteiger partial charge is 0.477 e. The topological polar surface area (TPSA) is 99.1 Å². The van der Waals surface area contributed by atoms with E-state index >= 15 is 0 Å². The van der Waals surface area contributed by atoms with E-state index in [0.29, 0.717) is 19.3 Å². The first-order chi connectivity index (χ1) is 33.1. The van der Waals surface area contributed by atoms with Gasteiger partial charge in [-0.05, 0) is 77.0 Å². The molecule has 68 heavy (non-hydrogen) atoms. The predicted molar refractivity (Wildman–Crippen MR) is 289 cm³/mol. The lowest BCUT2D eigenvalue weighted by Gasteiger charge is -2.31. The van der Waals surface area contributed by atoms with Crippen LogP contribution in [0.2, 0.25) is 0 Å². The van der Waals surface area contributed by atoms with Gasteiger partial charge in [0.05, 0.1) is 34.4 Å². The highest BCUT2D eigenvalue weighted by Crippen LogP contribution is 2.16. The fourth-order valence-corrected chi connectivity index (χ4v) is 8.31. The number of rotatable bonds is 51. The molecule has 0 saturated heterocycles. The number of unbranched alkanes of at least 4 members (excludes halogenated alkanes) is 27. The molecule has 2 unspecified atom stereocenters. The van der Waals surface area contributed by atoms with Crippen molar-refractivity contribution in [3.05, 3.63) is 60.8 Å². The fraction of sp³-hybridized carbons (Fsp3) is 0.783. The summed E-state index contributed by atoms with van der Waals surface area (Å²) in [7, 11) is 5.54. The molecule has 0 aliphatic carbocycles. The van der Waals surface area contributed by atoms with Gasteiger partial charge in [0, 0.05) is 19.3 Å². The maximum absolute atomic E-state index is 12.8. The molecule has 2 atom stereocenters. The van der Waals surface area contributed by atoms with E-state index in [4.69, 9.17) is 14.2 Å². The number of carboxylic acids is 1. The molecular weight excluding hydrogens is 847 g/mol. The van der Waals surface area contributed by atoms with Gasteiger partial charge in [-0.25, -0.2) is 4.79 Å². The third-order valence-corrected chi connectivity index (χ3v) is 12.7. The molecule has 0 saturated carbocycles. The van der Waals surface area contributed by atoms with Crippen LogP contribution in [0.5, 0.6) is 0 Å². The number of likely N-dealkylation sites (N-methyl/N-ethyl adjacent to an activating group) is 1. The summed E-state index contributed by atoms with van der Waals surface area (Å²) in [4.78, 5) is 37.3. The smallest absolute Gasteiger partial charge is 0.362 e. The fourth-order valence-electron chi connectivity index (χ4n) is 8.31. The number of aliphatic carboxylic acids is 1. The molecule has 0 bridgehead atoms. The summed E-state index contributed by atoms with van der Waals surface area (Å²) in [6, 6.07) is -0.619. The highest BCUT2D eigenvalue weighted by Gasteiger charge is 2.31. The van der Waals surface area contributed by atoms with E-state index in [0.717, 1.165) is 70.6 Å². The van der Waals surface area contributed by atoms with Gasteiger partial charge in [-0.15, -0.1) is 0 Å². The number of hydrogen-bond donors (Lipinski definition) is 1. The van der Waals surface area contributed by atoms with Crippen LogP contribution in [-0.4, -0.2) is 80.6 Å². The molecule has 0 aliphatic rings. The quantitative estimate of drug-likeness (QED) is 0.0281. The summed E-state index contributed by atoms with van der Waals surface area (Å²) >= 11 is 0. The Morgan fingerprint density at radius 3 is 1.24 bits per heavy atom. The highest BCUT2D eigenvalue weighted by atomic mass is 16.6. The summed E-state index contributed by atoms with van der Waals surface area (Å²) in [5.74, 6) is -1.47. The lowest BCUT2D eigenvalue weighted by Crippen LogP contribution is -2.50. The van der Waals surface area contributed by atoms with Gasteiger partial charge >= 0.3 is 17.9 Å². The molecule has 0 heterocycles. The van der Waals surface area contributed by atoms with Crippen molar-refractivity contribution in [3.63, 3.8) is 0 Å². The molecule has 0 amide bonds. The van der Waals surface area contributed by atoms with Crippen molar-refractivity contribution in [2.75, 3.05) is 41.0 Å². The van der Waals surface area contributed by atoms with Crippen LogP contribution in [0.3, 0.4) is 0 Å². The predicted octanol–water partition coefficient (Wildman–Crippen LogP) is 16.9. The first-order valence-electron chi connectivity index (χ1n) is 28.3. The molecule has 0 spiro atoms. The minimum absolute atomic E-state index is 0.0561. The van der Waals surface area contributed by atoms with Crippen LogP contribution < -0.4 is 0 Å². The second kappa shape index (κ2) is 50.4. The molecule has 8 heteroatoms. The zero-order chi connectivity index (χ0) is 49.9. The van der Waals surface area contributed by atoms with Gasteiger partial charge in [0.15, 0.2) is 12.1 Å². The number of allylic oxidation sites excluding steroid dienone is 10. The average molecular weight is 956 g/mol. The van der Waals surface area contributed by atoms with Crippen molar-refractivity contribution in [3.8, 4) is 0 Å². The first-order valence-corrected chi connectivity index (χ1v) is 28.3. The Bertz CT molecular complexity index is 1290. The van der Waals surface area contributed by atoms with Crippen molar-refractivity contribution in [2.45, 2.75) is 264 Å². The third-order valence-electron chi connectivity index (χ3n) is 12.7. The highest BCUT2D eigenvalue weighted by molar-refractivity contribution is 5.72. The Kier molecular flexibility index (Phi) is 48.2. The van der Waals surface area contributed by atoms with Crippen LogP contribution >= 0.6 is 0 Å². The van der Waals surface area contributed by atoms with Crippen molar-refractivity contribution in [1.82, 2.24) is 0 Å². The number of nitrogens with zero attached hydrogens (tertiary/aromatic N) is 1. The van der Waals surface area contributed by atoms with E-state index in [1.807, 2.05) is 21.1 Å². The summed E-state index contributed by atoms with van der Waals surface area (Å²) in [5.41, 5.74) is 0. The molecule has 8 nitrogen and oxygen atoms in total. The molecule has 0 fully saturated rings. The van der Waals surface area contributed by atoms with Gasteiger partial charge in [0.25, 0.3) is 0 Å². The monoisotopic (exact) mass is 955 g/mol. The van der Waals surface area contributed by atoms with Crippen LogP contribution in [0, 0.1) is 0 Å². The van der Waals surface area contributed by atoms with Crippen molar-refractivity contribution in [2.24, 2.45) is 0 Å². The Morgan fingerprint density at radius 1 is 0.456 bits per heavy atom. The van der Waals surface area contributed by atoms with Gasteiger partial charge in [-0.3, -0.25) is 9.59 Å². The van der Waals surface area contributed by atoms with E-state index in [1.165, 1.54) is 148 Å². The first kappa shape index (κ1) is 65.0. The maximum Gasteiger partial charge on any atom is 0.362 e. The molecule has 0 rings (SSSR count). The number of quaternary nitrogens is 1. The van der Waals surface area contributed by atoms with Crippen LogP contribution in [0.1, 0.15) is 251 Å². The summed E-state index contributed by atoms with van der Waals surface area (Å²) in [6.07, 6.45) is 64.2. The lowest BCUT2D eigenvalue weighted by molar-refractivity contribution is -0.887. The van der Waals surface area contributed by atoms with Crippen molar-refractivity contribution in [1.29, 1.82) is 0 Å². The van der Waals surface area contributed by atoms with Crippen molar-refractivity contribution < 1.29 is 38.2 Å². The molecule has 0 aromatic heterocycles. The maximum atomic E-state index is 12.8. The second-order valence-electron chi connectivity index (χ2n) is 20.2. The van der Waals surface area contributed by atoms with E-state index < -0.39 is 18.1 Å².